The molecular weight excluding hydrogens is 252 g/mol. The Kier molecular flexibility index (Phi) is 4.14. The summed E-state index contributed by atoms with van der Waals surface area (Å²) in [7, 11) is 0. The molecule has 0 radical (unpaired) electrons. The van der Waals surface area contributed by atoms with E-state index in [0.29, 0.717) is 16.4 Å². The van der Waals surface area contributed by atoms with Gasteiger partial charge in [-0.1, -0.05) is 32.5 Å². The van der Waals surface area contributed by atoms with Crippen LogP contribution in [-0.4, -0.2) is 11.0 Å². The SMILES string of the molecule is Cc1cc(NC2CCCC(C)(C)C2)ccc1C(N)=S. The second-order valence-electron chi connectivity index (χ2n) is 6.50. The highest BCUT2D eigenvalue weighted by Crippen LogP contribution is 2.36. The van der Waals surface area contributed by atoms with Crippen LogP contribution in [-0.2, 0) is 0 Å². The number of hydrogen-bond acceptors (Lipinski definition) is 2. The topological polar surface area (TPSA) is 38.0 Å². The summed E-state index contributed by atoms with van der Waals surface area (Å²) in [4.78, 5) is 0.475. The molecule has 0 heterocycles. The maximum Gasteiger partial charge on any atom is 0.104 e. The smallest absolute Gasteiger partial charge is 0.104 e. The molecule has 0 aliphatic heterocycles. The van der Waals surface area contributed by atoms with Crippen LogP contribution in [0.5, 0.6) is 0 Å². The molecule has 1 atom stereocenters. The van der Waals surface area contributed by atoms with Crippen LogP contribution in [0.4, 0.5) is 5.69 Å². The van der Waals surface area contributed by atoms with Crippen LogP contribution < -0.4 is 11.1 Å². The van der Waals surface area contributed by atoms with Crippen LogP contribution in [0.25, 0.3) is 0 Å². The normalized spacial score (nSPS) is 21.9. The zero-order valence-corrected chi connectivity index (χ0v) is 12.9. The Morgan fingerprint density at radius 3 is 2.74 bits per heavy atom. The summed E-state index contributed by atoms with van der Waals surface area (Å²) in [6, 6.07) is 6.84. The number of aryl methyl sites for hydroxylation is 1. The van der Waals surface area contributed by atoms with Crippen molar-refractivity contribution in [1.82, 2.24) is 0 Å². The van der Waals surface area contributed by atoms with Crippen molar-refractivity contribution < 1.29 is 0 Å². The second-order valence-corrected chi connectivity index (χ2v) is 6.94. The molecule has 19 heavy (non-hydrogen) atoms. The third-order valence-electron chi connectivity index (χ3n) is 4.07. The van der Waals surface area contributed by atoms with Crippen molar-refractivity contribution in [2.24, 2.45) is 11.1 Å². The summed E-state index contributed by atoms with van der Waals surface area (Å²) >= 11 is 5.04. The van der Waals surface area contributed by atoms with Crippen LogP contribution in [0.15, 0.2) is 18.2 Å². The lowest BCUT2D eigenvalue weighted by molar-refractivity contribution is 0.229. The molecular formula is C16H24N2S. The number of nitrogens with two attached hydrogens (primary N) is 1. The van der Waals surface area contributed by atoms with E-state index >= 15 is 0 Å². The van der Waals surface area contributed by atoms with Gasteiger partial charge in [-0.15, -0.1) is 0 Å². The zero-order valence-electron chi connectivity index (χ0n) is 12.1. The summed E-state index contributed by atoms with van der Waals surface area (Å²) in [5.74, 6) is 0. The van der Waals surface area contributed by atoms with Crippen LogP contribution >= 0.6 is 12.2 Å². The standard InChI is InChI=1S/C16H24N2S/c1-11-9-12(6-7-14(11)15(17)19)18-13-5-4-8-16(2,3)10-13/h6-7,9,13,18H,4-5,8,10H2,1-3H3,(H2,17,19). The van der Waals surface area contributed by atoms with Crippen molar-refractivity contribution in [2.45, 2.75) is 52.5 Å². The average molecular weight is 276 g/mol. The van der Waals surface area contributed by atoms with Crippen molar-refractivity contribution in [3.05, 3.63) is 29.3 Å². The lowest BCUT2D eigenvalue weighted by Gasteiger charge is -2.36. The predicted molar refractivity (Wildman–Crippen MR) is 86.7 cm³/mol. The second kappa shape index (κ2) is 5.49. The molecule has 0 aromatic heterocycles. The predicted octanol–water partition coefficient (Wildman–Crippen LogP) is 4.01. The first-order valence-electron chi connectivity index (χ1n) is 7.04. The minimum atomic E-state index is 0.462. The van der Waals surface area contributed by atoms with Crippen LogP contribution in [0.1, 0.15) is 50.7 Å². The van der Waals surface area contributed by atoms with E-state index in [4.69, 9.17) is 18.0 Å². The first-order chi connectivity index (χ1) is 8.87. The van der Waals surface area contributed by atoms with Gasteiger partial charge < -0.3 is 11.1 Å². The lowest BCUT2D eigenvalue weighted by atomic mass is 9.75. The fraction of sp³-hybridized carbons (Fsp3) is 0.562. The molecule has 0 bridgehead atoms. The van der Waals surface area contributed by atoms with E-state index in [0.717, 1.165) is 11.1 Å². The molecule has 1 unspecified atom stereocenters. The number of thiocarbonyl (C=S) groups is 1. The van der Waals surface area contributed by atoms with Gasteiger partial charge in [-0.3, -0.25) is 0 Å². The van der Waals surface area contributed by atoms with Gasteiger partial charge in [0.25, 0.3) is 0 Å². The first-order valence-corrected chi connectivity index (χ1v) is 7.45. The summed E-state index contributed by atoms with van der Waals surface area (Å²) in [5.41, 5.74) is 9.46. The summed E-state index contributed by atoms with van der Waals surface area (Å²) in [5, 5.41) is 3.66. The summed E-state index contributed by atoms with van der Waals surface area (Å²) < 4.78 is 0. The molecule has 1 aromatic carbocycles. The highest BCUT2D eigenvalue weighted by molar-refractivity contribution is 7.80. The number of rotatable bonds is 3. The number of hydrogen-bond donors (Lipinski definition) is 2. The fourth-order valence-corrected chi connectivity index (χ4v) is 3.32. The molecule has 3 heteroatoms. The van der Waals surface area contributed by atoms with Gasteiger partial charge in [0.2, 0.25) is 0 Å². The van der Waals surface area contributed by atoms with E-state index in [-0.39, 0.29) is 0 Å². The largest absolute Gasteiger partial charge is 0.389 e. The van der Waals surface area contributed by atoms with Crippen molar-refractivity contribution in [2.75, 3.05) is 5.32 Å². The molecule has 0 saturated heterocycles. The molecule has 104 valence electrons. The van der Waals surface area contributed by atoms with Gasteiger partial charge in [0.05, 0.1) is 0 Å². The Balaban J connectivity index is 2.07. The van der Waals surface area contributed by atoms with Crippen LogP contribution in [0.2, 0.25) is 0 Å². The molecule has 0 spiro atoms. The van der Waals surface area contributed by atoms with Gasteiger partial charge in [-0.05, 0) is 55.4 Å². The van der Waals surface area contributed by atoms with E-state index in [1.165, 1.54) is 31.4 Å². The summed E-state index contributed by atoms with van der Waals surface area (Å²) in [6.07, 6.45) is 5.15. The first kappa shape index (κ1) is 14.3. The zero-order chi connectivity index (χ0) is 14.0. The van der Waals surface area contributed by atoms with E-state index in [9.17, 15) is 0 Å². The van der Waals surface area contributed by atoms with Gasteiger partial charge in [-0.2, -0.15) is 0 Å². The van der Waals surface area contributed by atoms with E-state index in [1.807, 2.05) is 6.07 Å². The van der Waals surface area contributed by atoms with Gasteiger partial charge >= 0.3 is 0 Å². The van der Waals surface area contributed by atoms with Gasteiger partial charge in [-0.25, -0.2) is 0 Å². The number of anilines is 1. The third-order valence-corrected chi connectivity index (χ3v) is 4.29. The molecule has 3 N–H and O–H groups in total. The fourth-order valence-electron chi connectivity index (χ4n) is 3.09. The van der Waals surface area contributed by atoms with Crippen LogP contribution in [0.3, 0.4) is 0 Å². The molecule has 2 nitrogen and oxygen atoms in total. The maximum atomic E-state index is 5.70. The Morgan fingerprint density at radius 1 is 1.42 bits per heavy atom. The molecule has 1 aliphatic rings. The molecule has 2 rings (SSSR count). The highest BCUT2D eigenvalue weighted by Gasteiger charge is 2.27. The highest BCUT2D eigenvalue weighted by atomic mass is 32.1. The van der Waals surface area contributed by atoms with E-state index in [1.54, 1.807) is 0 Å². The maximum absolute atomic E-state index is 5.70. The van der Waals surface area contributed by atoms with E-state index in [2.05, 4.69) is 38.2 Å². The Morgan fingerprint density at radius 2 is 2.16 bits per heavy atom. The van der Waals surface area contributed by atoms with Crippen molar-refractivity contribution in [3.63, 3.8) is 0 Å². The lowest BCUT2D eigenvalue weighted by Crippen LogP contribution is -2.31. The molecule has 1 saturated carbocycles. The minimum Gasteiger partial charge on any atom is -0.389 e. The van der Waals surface area contributed by atoms with Crippen molar-refractivity contribution in [3.8, 4) is 0 Å². The summed E-state index contributed by atoms with van der Waals surface area (Å²) in [6.45, 7) is 6.79. The van der Waals surface area contributed by atoms with Gasteiger partial charge in [0.15, 0.2) is 0 Å². The monoisotopic (exact) mass is 276 g/mol. The third kappa shape index (κ3) is 3.69. The Hall–Kier alpha value is -1.09. The molecule has 1 fully saturated rings. The molecule has 1 aliphatic carbocycles. The number of benzene rings is 1. The average Bonchev–Trinajstić information content (AvgIpc) is 2.27. The molecule has 0 amide bonds. The van der Waals surface area contributed by atoms with Crippen molar-refractivity contribution >= 4 is 22.9 Å². The van der Waals surface area contributed by atoms with Gasteiger partial charge in [0, 0.05) is 17.3 Å². The minimum absolute atomic E-state index is 0.462. The quantitative estimate of drug-likeness (QED) is 0.819. The van der Waals surface area contributed by atoms with Crippen molar-refractivity contribution in [1.29, 1.82) is 0 Å². The van der Waals surface area contributed by atoms with E-state index < -0.39 is 0 Å². The van der Waals surface area contributed by atoms with Gasteiger partial charge in [0.1, 0.15) is 4.99 Å². The number of nitrogens with one attached hydrogen (secondary N) is 1. The Bertz CT molecular complexity index is 480. The van der Waals surface area contributed by atoms with Crippen LogP contribution in [0, 0.1) is 12.3 Å². The Labute approximate surface area is 121 Å². The molecule has 1 aromatic rings.